The Morgan fingerprint density at radius 3 is 2.50 bits per heavy atom. The first-order chi connectivity index (χ1) is 14.1. The highest BCUT2D eigenvalue weighted by Gasteiger charge is 2.06. The number of halogens is 3. The second kappa shape index (κ2) is 12.1. The molecule has 1 heterocycles. The van der Waals surface area contributed by atoms with Crippen LogP contribution in [-0.2, 0) is 19.7 Å². The van der Waals surface area contributed by atoms with E-state index in [4.69, 9.17) is 4.74 Å². The van der Waals surface area contributed by atoms with Crippen LogP contribution >= 0.6 is 24.0 Å². The molecule has 0 amide bonds. The minimum Gasteiger partial charge on any atom is -0.473 e. The lowest BCUT2D eigenvalue weighted by Crippen LogP contribution is -2.36. The molecule has 158 valence electrons. The number of hydrogen-bond acceptors (Lipinski definition) is 3. The number of nitrogens with one attached hydrogen (secondary N) is 2. The largest absolute Gasteiger partial charge is 0.473 e. The molecular formula is C22H23F2IN4O. The molecule has 3 rings (SSSR count). The standard InChI is InChI=1S/C22H22F2N4O.HI/c1-25-22(28-14-18-12-19(23)7-8-20(18)24)27-13-17-9-10-26-21(11-17)29-15-16-5-3-2-4-6-16;/h2-12H,13-15H2,1H3,(H2,25,27,28);1H. The molecule has 1 aromatic heterocycles. The van der Waals surface area contributed by atoms with E-state index in [0.717, 1.165) is 29.3 Å². The molecule has 0 aliphatic carbocycles. The number of nitrogens with zero attached hydrogens (tertiary/aromatic N) is 2. The SMILES string of the molecule is CN=C(NCc1ccnc(OCc2ccccc2)c1)NCc1cc(F)ccc1F.I. The number of hydrogen-bond donors (Lipinski definition) is 2. The zero-order chi connectivity index (χ0) is 20.5. The van der Waals surface area contributed by atoms with Crippen molar-refractivity contribution in [2.45, 2.75) is 19.7 Å². The van der Waals surface area contributed by atoms with Crippen LogP contribution in [0.1, 0.15) is 16.7 Å². The van der Waals surface area contributed by atoms with Gasteiger partial charge in [0, 0.05) is 38.0 Å². The monoisotopic (exact) mass is 524 g/mol. The predicted molar refractivity (Wildman–Crippen MR) is 124 cm³/mol. The number of pyridine rings is 1. The molecule has 0 aliphatic rings. The Balaban J connectivity index is 0.00000320. The van der Waals surface area contributed by atoms with Crippen LogP contribution < -0.4 is 15.4 Å². The summed E-state index contributed by atoms with van der Waals surface area (Å²) in [4.78, 5) is 8.32. The third-order valence-corrected chi connectivity index (χ3v) is 4.17. The van der Waals surface area contributed by atoms with Crippen molar-refractivity contribution >= 4 is 29.9 Å². The van der Waals surface area contributed by atoms with E-state index < -0.39 is 11.6 Å². The highest BCUT2D eigenvalue weighted by Crippen LogP contribution is 2.12. The van der Waals surface area contributed by atoms with E-state index in [9.17, 15) is 8.78 Å². The van der Waals surface area contributed by atoms with Gasteiger partial charge in [-0.15, -0.1) is 24.0 Å². The summed E-state index contributed by atoms with van der Waals surface area (Å²) in [5, 5.41) is 6.10. The fourth-order valence-corrected chi connectivity index (χ4v) is 2.63. The van der Waals surface area contributed by atoms with Gasteiger partial charge in [0.1, 0.15) is 18.2 Å². The van der Waals surface area contributed by atoms with Crippen LogP contribution in [0.25, 0.3) is 0 Å². The Kier molecular flexibility index (Phi) is 9.46. The Bertz CT molecular complexity index is 970. The van der Waals surface area contributed by atoms with Gasteiger partial charge in [0.05, 0.1) is 0 Å². The first-order valence-corrected chi connectivity index (χ1v) is 9.14. The van der Waals surface area contributed by atoms with Crippen LogP contribution in [0.2, 0.25) is 0 Å². The zero-order valence-electron chi connectivity index (χ0n) is 16.4. The lowest BCUT2D eigenvalue weighted by atomic mass is 10.2. The van der Waals surface area contributed by atoms with Crippen molar-refractivity contribution in [1.82, 2.24) is 15.6 Å². The van der Waals surface area contributed by atoms with Crippen LogP contribution in [0.5, 0.6) is 5.88 Å². The average molecular weight is 524 g/mol. The smallest absolute Gasteiger partial charge is 0.213 e. The van der Waals surface area contributed by atoms with Crippen LogP contribution in [0, 0.1) is 11.6 Å². The van der Waals surface area contributed by atoms with Gasteiger partial charge in [-0.25, -0.2) is 13.8 Å². The van der Waals surface area contributed by atoms with Crippen LogP contribution in [0.4, 0.5) is 8.78 Å². The predicted octanol–water partition coefficient (Wildman–Crippen LogP) is 4.42. The lowest BCUT2D eigenvalue weighted by Gasteiger charge is -2.13. The molecule has 0 unspecified atom stereocenters. The molecule has 0 saturated heterocycles. The molecule has 0 atom stereocenters. The number of ether oxygens (including phenoxy) is 1. The van der Waals surface area contributed by atoms with E-state index in [1.54, 1.807) is 13.2 Å². The first-order valence-electron chi connectivity index (χ1n) is 9.14. The van der Waals surface area contributed by atoms with Gasteiger partial charge < -0.3 is 15.4 Å². The van der Waals surface area contributed by atoms with Crippen molar-refractivity contribution < 1.29 is 13.5 Å². The summed E-state index contributed by atoms with van der Waals surface area (Å²) in [5.41, 5.74) is 2.24. The minimum atomic E-state index is -0.481. The van der Waals surface area contributed by atoms with Crippen molar-refractivity contribution in [2.24, 2.45) is 4.99 Å². The van der Waals surface area contributed by atoms with Gasteiger partial charge in [-0.3, -0.25) is 4.99 Å². The number of rotatable bonds is 7. The van der Waals surface area contributed by atoms with E-state index in [-0.39, 0.29) is 36.1 Å². The Morgan fingerprint density at radius 1 is 0.967 bits per heavy atom. The van der Waals surface area contributed by atoms with E-state index >= 15 is 0 Å². The summed E-state index contributed by atoms with van der Waals surface area (Å²) in [7, 11) is 1.61. The Hall–Kier alpha value is -2.75. The topological polar surface area (TPSA) is 58.5 Å². The molecule has 30 heavy (non-hydrogen) atoms. The van der Waals surface area contributed by atoms with Gasteiger partial charge in [0.2, 0.25) is 5.88 Å². The maximum atomic E-state index is 13.7. The summed E-state index contributed by atoms with van der Waals surface area (Å²) >= 11 is 0. The number of guanidine groups is 1. The lowest BCUT2D eigenvalue weighted by molar-refractivity contribution is 0.293. The molecular weight excluding hydrogens is 501 g/mol. The van der Waals surface area contributed by atoms with E-state index in [1.807, 2.05) is 42.5 Å². The second-order valence-electron chi connectivity index (χ2n) is 6.29. The summed E-state index contributed by atoms with van der Waals surface area (Å²) in [6.45, 7) is 1.02. The van der Waals surface area contributed by atoms with Crippen LogP contribution in [0.3, 0.4) is 0 Å². The highest BCUT2D eigenvalue weighted by atomic mass is 127. The van der Waals surface area contributed by atoms with Crippen LogP contribution in [-0.4, -0.2) is 18.0 Å². The minimum absolute atomic E-state index is 0. The van der Waals surface area contributed by atoms with Crippen molar-refractivity contribution in [3.8, 4) is 5.88 Å². The first kappa shape index (κ1) is 23.5. The summed E-state index contributed by atoms with van der Waals surface area (Å²) in [6.07, 6.45) is 1.68. The van der Waals surface area contributed by atoms with Gasteiger partial charge in [-0.2, -0.15) is 0 Å². The molecule has 2 aromatic carbocycles. The van der Waals surface area contributed by atoms with Crippen molar-refractivity contribution in [2.75, 3.05) is 7.05 Å². The molecule has 0 fully saturated rings. The Labute approximate surface area is 191 Å². The van der Waals surface area contributed by atoms with E-state index in [0.29, 0.717) is 25.0 Å². The van der Waals surface area contributed by atoms with Gasteiger partial charge in [-0.05, 0) is 35.4 Å². The summed E-state index contributed by atoms with van der Waals surface area (Å²) in [6, 6.07) is 16.9. The van der Waals surface area contributed by atoms with Crippen molar-refractivity contribution in [3.63, 3.8) is 0 Å². The van der Waals surface area contributed by atoms with E-state index in [2.05, 4.69) is 20.6 Å². The third-order valence-electron chi connectivity index (χ3n) is 4.17. The Morgan fingerprint density at radius 2 is 1.73 bits per heavy atom. The molecule has 0 spiro atoms. The molecule has 3 aromatic rings. The van der Waals surface area contributed by atoms with Gasteiger partial charge in [-0.1, -0.05) is 30.3 Å². The molecule has 0 radical (unpaired) electrons. The van der Waals surface area contributed by atoms with Gasteiger partial charge in [0.15, 0.2) is 5.96 Å². The van der Waals surface area contributed by atoms with E-state index in [1.165, 1.54) is 0 Å². The average Bonchev–Trinajstić information content (AvgIpc) is 2.75. The number of benzene rings is 2. The fourth-order valence-electron chi connectivity index (χ4n) is 2.63. The second-order valence-corrected chi connectivity index (χ2v) is 6.29. The van der Waals surface area contributed by atoms with Gasteiger partial charge in [0.25, 0.3) is 0 Å². The fraction of sp³-hybridized carbons (Fsp3) is 0.182. The molecule has 0 aliphatic heterocycles. The molecule has 0 saturated carbocycles. The normalized spacial score (nSPS) is 10.8. The summed E-state index contributed by atoms with van der Waals surface area (Å²) in [5.74, 6) is 0.0461. The molecule has 2 N–H and O–H groups in total. The van der Waals surface area contributed by atoms with Gasteiger partial charge >= 0.3 is 0 Å². The maximum absolute atomic E-state index is 13.7. The maximum Gasteiger partial charge on any atom is 0.213 e. The molecule has 5 nitrogen and oxygen atoms in total. The number of aliphatic imine (C=N–C) groups is 1. The highest BCUT2D eigenvalue weighted by molar-refractivity contribution is 14.0. The number of aromatic nitrogens is 1. The van der Waals surface area contributed by atoms with Crippen LogP contribution in [0.15, 0.2) is 71.9 Å². The zero-order valence-corrected chi connectivity index (χ0v) is 18.8. The van der Waals surface area contributed by atoms with Crippen molar-refractivity contribution in [3.05, 3.63) is 95.2 Å². The van der Waals surface area contributed by atoms with Crippen molar-refractivity contribution in [1.29, 1.82) is 0 Å². The molecule has 0 bridgehead atoms. The third kappa shape index (κ3) is 7.25. The molecule has 8 heteroatoms. The summed E-state index contributed by atoms with van der Waals surface area (Å²) < 4.78 is 32.7. The quantitative estimate of drug-likeness (QED) is 0.273.